The number of anilines is 1. The highest BCUT2D eigenvalue weighted by Gasteiger charge is 2.33. The Morgan fingerprint density at radius 3 is 3.25 bits per heavy atom. The van der Waals surface area contributed by atoms with Crippen LogP contribution in [0.15, 0.2) is 18.3 Å². The van der Waals surface area contributed by atoms with Crippen molar-refractivity contribution in [1.29, 1.82) is 0 Å². The van der Waals surface area contributed by atoms with Crippen molar-refractivity contribution in [3.63, 3.8) is 0 Å². The van der Waals surface area contributed by atoms with Gasteiger partial charge < -0.3 is 10.2 Å². The summed E-state index contributed by atoms with van der Waals surface area (Å²) >= 11 is 0. The summed E-state index contributed by atoms with van der Waals surface area (Å²) in [5.41, 5.74) is 0. The number of pyridine rings is 1. The minimum absolute atomic E-state index is 0.202. The van der Waals surface area contributed by atoms with Crippen LogP contribution < -0.4 is 10.2 Å². The van der Waals surface area contributed by atoms with Crippen LogP contribution in [-0.2, 0) is 0 Å². The monoisotopic (exact) mass is 221 g/mol. The Labute approximate surface area is 94.7 Å². The van der Waals surface area contributed by atoms with E-state index in [2.05, 4.69) is 15.2 Å². The summed E-state index contributed by atoms with van der Waals surface area (Å²) < 4.78 is 13.6. The minimum atomic E-state index is -0.202. The SMILES string of the molecule is Fc1cccnc1N1CCC2NCCC2C1. The molecule has 3 nitrogen and oxygen atoms in total. The zero-order valence-corrected chi connectivity index (χ0v) is 9.19. The second-order valence-electron chi connectivity index (χ2n) is 4.65. The van der Waals surface area contributed by atoms with Crippen molar-refractivity contribution in [3.8, 4) is 0 Å². The summed E-state index contributed by atoms with van der Waals surface area (Å²) in [6, 6.07) is 3.77. The maximum atomic E-state index is 13.6. The Morgan fingerprint density at radius 1 is 1.44 bits per heavy atom. The summed E-state index contributed by atoms with van der Waals surface area (Å²) in [5, 5.41) is 3.50. The molecule has 2 unspecified atom stereocenters. The lowest BCUT2D eigenvalue weighted by Crippen LogP contribution is -2.45. The van der Waals surface area contributed by atoms with Crippen LogP contribution in [0.4, 0.5) is 10.2 Å². The number of halogens is 1. The van der Waals surface area contributed by atoms with E-state index in [1.165, 1.54) is 12.5 Å². The lowest BCUT2D eigenvalue weighted by molar-refractivity contribution is 0.372. The molecule has 16 heavy (non-hydrogen) atoms. The molecule has 1 aromatic rings. The van der Waals surface area contributed by atoms with Gasteiger partial charge >= 0.3 is 0 Å². The fourth-order valence-electron chi connectivity index (χ4n) is 2.85. The molecule has 2 aliphatic heterocycles. The summed E-state index contributed by atoms with van der Waals surface area (Å²) in [5.74, 6) is 0.981. The van der Waals surface area contributed by atoms with Gasteiger partial charge in [-0.25, -0.2) is 9.37 Å². The normalized spacial score (nSPS) is 29.2. The predicted molar refractivity (Wildman–Crippen MR) is 60.9 cm³/mol. The maximum absolute atomic E-state index is 13.6. The predicted octanol–water partition coefficient (Wildman–Crippen LogP) is 1.41. The molecule has 86 valence electrons. The Kier molecular flexibility index (Phi) is 2.52. The summed E-state index contributed by atoms with van der Waals surface area (Å²) in [4.78, 5) is 6.23. The standard InChI is InChI=1S/C12H16FN3/c13-10-2-1-5-15-12(10)16-7-4-11-9(8-16)3-6-14-11/h1-2,5,9,11,14H,3-4,6-8H2. The van der Waals surface area contributed by atoms with E-state index in [4.69, 9.17) is 0 Å². The Balaban J connectivity index is 1.79. The Bertz CT molecular complexity index is 382. The average Bonchev–Trinajstić information content (AvgIpc) is 2.76. The van der Waals surface area contributed by atoms with Crippen molar-refractivity contribution in [3.05, 3.63) is 24.1 Å². The lowest BCUT2D eigenvalue weighted by atomic mass is 9.93. The van der Waals surface area contributed by atoms with Crippen LogP contribution in [0.5, 0.6) is 0 Å². The van der Waals surface area contributed by atoms with Gasteiger partial charge in [-0.05, 0) is 37.4 Å². The second kappa shape index (κ2) is 4.01. The van der Waals surface area contributed by atoms with Crippen LogP contribution in [0.3, 0.4) is 0 Å². The third kappa shape index (κ3) is 1.67. The largest absolute Gasteiger partial charge is 0.354 e. The first-order chi connectivity index (χ1) is 7.84. The summed E-state index contributed by atoms with van der Waals surface area (Å²) in [6.07, 6.45) is 3.97. The van der Waals surface area contributed by atoms with E-state index in [0.29, 0.717) is 17.8 Å². The van der Waals surface area contributed by atoms with Crippen molar-refractivity contribution >= 4 is 5.82 Å². The molecule has 0 bridgehead atoms. The molecule has 0 spiro atoms. The molecule has 3 heterocycles. The van der Waals surface area contributed by atoms with E-state index in [1.807, 2.05) is 0 Å². The van der Waals surface area contributed by atoms with Gasteiger partial charge in [0.15, 0.2) is 11.6 Å². The van der Waals surface area contributed by atoms with Gasteiger partial charge in [-0.1, -0.05) is 0 Å². The maximum Gasteiger partial charge on any atom is 0.165 e. The number of piperidine rings is 1. The first-order valence-corrected chi connectivity index (χ1v) is 5.93. The smallest absolute Gasteiger partial charge is 0.165 e. The van der Waals surface area contributed by atoms with Crippen LogP contribution in [0, 0.1) is 11.7 Å². The fourth-order valence-corrected chi connectivity index (χ4v) is 2.85. The molecule has 2 atom stereocenters. The number of hydrogen-bond donors (Lipinski definition) is 1. The molecular formula is C12H16FN3. The fraction of sp³-hybridized carbons (Fsp3) is 0.583. The highest BCUT2D eigenvalue weighted by Crippen LogP contribution is 2.28. The van der Waals surface area contributed by atoms with Crippen molar-refractivity contribution in [2.75, 3.05) is 24.5 Å². The first kappa shape index (κ1) is 10.0. The molecule has 1 aromatic heterocycles. The molecule has 2 saturated heterocycles. The Morgan fingerprint density at radius 2 is 2.38 bits per heavy atom. The van der Waals surface area contributed by atoms with E-state index in [0.717, 1.165) is 26.1 Å². The molecule has 4 heteroatoms. The molecule has 0 amide bonds. The third-order valence-electron chi connectivity index (χ3n) is 3.69. The molecular weight excluding hydrogens is 205 g/mol. The summed E-state index contributed by atoms with van der Waals surface area (Å²) in [7, 11) is 0. The van der Waals surface area contributed by atoms with Gasteiger partial charge in [0, 0.05) is 25.3 Å². The van der Waals surface area contributed by atoms with Crippen LogP contribution >= 0.6 is 0 Å². The molecule has 2 fully saturated rings. The quantitative estimate of drug-likeness (QED) is 0.777. The Hall–Kier alpha value is -1.16. The number of nitrogens with zero attached hydrogens (tertiary/aromatic N) is 2. The number of aromatic nitrogens is 1. The van der Waals surface area contributed by atoms with Crippen molar-refractivity contribution in [2.45, 2.75) is 18.9 Å². The third-order valence-corrected chi connectivity index (χ3v) is 3.69. The van der Waals surface area contributed by atoms with Gasteiger partial charge in [0.05, 0.1) is 0 Å². The van der Waals surface area contributed by atoms with E-state index < -0.39 is 0 Å². The van der Waals surface area contributed by atoms with Crippen molar-refractivity contribution < 1.29 is 4.39 Å². The molecule has 0 aliphatic carbocycles. The highest BCUT2D eigenvalue weighted by molar-refractivity contribution is 5.40. The van der Waals surface area contributed by atoms with Crippen molar-refractivity contribution in [1.82, 2.24) is 10.3 Å². The van der Waals surface area contributed by atoms with Gasteiger partial charge in [-0.3, -0.25) is 0 Å². The first-order valence-electron chi connectivity index (χ1n) is 5.93. The molecule has 3 rings (SSSR count). The highest BCUT2D eigenvalue weighted by atomic mass is 19.1. The van der Waals surface area contributed by atoms with E-state index in [-0.39, 0.29) is 5.82 Å². The van der Waals surface area contributed by atoms with Crippen LogP contribution in [0.25, 0.3) is 0 Å². The number of nitrogens with one attached hydrogen (secondary N) is 1. The number of hydrogen-bond acceptors (Lipinski definition) is 3. The van der Waals surface area contributed by atoms with Crippen molar-refractivity contribution in [2.24, 2.45) is 5.92 Å². The van der Waals surface area contributed by atoms with Gasteiger partial charge in [0.1, 0.15) is 0 Å². The van der Waals surface area contributed by atoms with Gasteiger partial charge in [0.2, 0.25) is 0 Å². The molecule has 0 radical (unpaired) electrons. The topological polar surface area (TPSA) is 28.2 Å². The van der Waals surface area contributed by atoms with Gasteiger partial charge in [0.25, 0.3) is 0 Å². The van der Waals surface area contributed by atoms with Crippen LogP contribution in [0.2, 0.25) is 0 Å². The number of rotatable bonds is 1. The zero-order chi connectivity index (χ0) is 11.0. The lowest BCUT2D eigenvalue weighted by Gasteiger charge is -2.35. The van der Waals surface area contributed by atoms with E-state index >= 15 is 0 Å². The van der Waals surface area contributed by atoms with Crippen LogP contribution in [0.1, 0.15) is 12.8 Å². The zero-order valence-electron chi connectivity index (χ0n) is 9.19. The number of fused-ring (bicyclic) bond motifs is 1. The molecule has 0 saturated carbocycles. The van der Waals surface area contributed by atoms with E-state index in [1.54, 1.807) is 12.3 Å². The molecule has 0 aromatic carbocycles. The second-order valence-corrected chi connectivity index (χ2v) is 4.65. The average molecular weight is 221 g/mol. The molecule has 1 N–H and O–H groups in total. The van der Waals surface area contributed by atoms with Gasteiger partial charge in [-0.15, -0.1) is 0 Å². The van der Waals surface area contributed by atoms with Crippen LogP contribution in [-0.4, -0.2) is 30.7 Å². The summed E-state index contributed by atoms with van der Waals surface area (Å²) in [6.45, 7) is 2.95. The van der Waals surface area contributed by atoms with Gasteiger partial charge in [-0.2, -0.15) is 0 Å². The minimum Gasteiger partial charge on any atom is -0.354 e. The van der Waals surface area contributed by atoms with E-state index in [9.17, 15) is 4.39 Å². The molecule has 2 aliphatic rings.